The van der Waals surface area contributed by atoms with Gasteiger partial charge in [-0.3, -0.25) is 73.8 Å². The maximum absolute atomic E-state index is 14.1. The number of nitrogens with zero attached hydrogens (tertiary/aromatic N) is 6. The summed E-state index contributed by atoms with van der Waals surface area (Å²) in [7, 11) is 1.54. The van der Waals surface area contributed by atoms with Gasteiger partial charge in [-0.25, -0.2) is 41.4 Å². The third-order valence-corrected chi connectivity index (χ3v) is 20.6. The number of likely N-dealkylation sites (N-methyl/N-ethyl adjacent to an activating group) is 1. The Kier molecular flexibility index (Phi) is 47.9. The van der Waals surface area contributed by atoms with Crippen LogP contribution < -0.4 is 49.4 Å². The third kappa shape index (κ3) is 38.4. The lowest BCUT2D eigenvalue weighted by molar-refractivity contribution is -0.130. The van der Waals surface area contributed by atoms with E-state index in [1.807, 2.05) is 76.2 Å². The molecule has 0 aliphatic heterocycles. The lowest BCUT2D eigenvalue weighted by Crippen LogP contribution is -2.54. The van der Waals surface area contributed by atoms with Crippen molar-refractivity contribution in [2.24, 2.45) is 40.9 Å². The van der Waals surface area contributed by atoms with E-state index in [9.17, 15) is 94.1 Å². The molecule has 0 heterocycles. The molecule has 0 radical (unpaired) electrons. The van der Waals surface area contributed by atoms with Crippen molar-refractivity contribution in [2.45, 2.75) is 211 Å². The summed E-state index contributed by atoms with van der Waals surface area (Å²) in [5, 5.41) is 35.4. The van der Waals surface area contributed by atoms with Crippen molar-refractivity contribution in [3.63, 3.8) is 0 Å². The van der Waals surface area contributed by atoms with E-state index in [1.165, 1.54) is 83.8 Å². The van der Waals surface area contributed by atoms with Gasteiger partial charge in [0.1, 0.15) is 34.9 Å². The Hall–Kier alpha value is -11.7. The van der Waals surface area contributed by atoms with Crippen LogP contribution in [0.1, 0.15) is 272 Å². The second kappa shape index (κ2) is 56.2. The summed E-state index contributed by atoms with van der Waals surface area (Å²) in [6.45, 7) is 32.1. The number of aliphatic hydroxyl groups is 2. The lowest BCUT2D eigenvalue weighted by Gasteiger charge is -2.31. The Bertz CT molecular complexity index is 4560. The number of hydrogen-bond acceptors (Lipinski definition) is 17. The Morgan fingerprint density at radius 1 is 0.328 bits per heavy atom. The van der Waals surface area contributed by atoms with Gasteiger partial charge in [0, 0.05) is 172 Å². The van der Waals surface area contributed by atoms with Gasteiger partial charge in [0.15, 0.2) is 0 Å². The Morgan fingerprint density at radius 2 is 0.580 bits per heavy atom. The van der Waals surface area contributed by atoms with E-state index in [1.54, 1.807) is 47.4 Å². The molecule has 0 spiro atoms. The van der Waals surface area contributed by atoms with Gasteiger partial charge in [-0.1, -0.05) is 104 Å². The van der Waals surface area contributed by atoms with Gasteiger partial charge in [-0.2, -0.15) is 0 Å². The van der Waals surface area contributed by atoms with E-state index in [0.717, 1.165) is 49.6 Å². The molecule has 14 N–H and O–H groups in total. The number of hydrazine groups is 3. The molecular formula is C96H135F6N15O14. The van der Waals surface area contributed by atoms with Crippen molar-refractivity contribution in [3.8, 4) is 0 Å². The smallest absolute Gasteiger partial charge is 0.253 e. The largest absolute Gasteiger partial charge is 0.390 e. The molecule has 6 unspecified atom stereocenters. The molecule has 0 fully saturated rings. The SMILES string of the molecule is CCCN(CC(C)C(Cc1cc(F)cc(F)c1)NC(=O)c1cc(C(N)=O)cc(C(=O)N(CCC)CCC)c1)NC(=O)C(C)C.CCCN(CC(O)C(Cc1cc(F)cc(F)c1)NC(=O)c1cc(C(N)=O)cc(C(=O)N(CCC)CCC)c1)NC(=O)C(C)C.CCCN(CCC)C(=O)c1cc(C(N)=O)cc(C(=O)NC(Cc2cc(F)cc(F)c2)C(O)CN(C)NC(=O)CC(C)C)c1. The molecule has 0 bridgehead atoms. The molecule has 0 saturated heterocycles. The van der Waals surface area contributed by atoms with Crippen molar-refractivity contribution < 1.29 is 94.1 Å². The third-order valence-electron chi connectivity index (χ3n) is 20.6. The molecule has 6 aromatic carbocycles. The second-order valence-electron chi connectivity index (χ2n) is 33.8. The second-order valence-corrected chi connectivity index (χ2v) is 33.8. The first-order valence-electron chi connectivity index (χ1n) is 44.8. The predicted octanol–water partition coefficient (Wildman–Crippen LogP) is 11.2. The number of halogens is 6. The van der Waals surface area contributed by atoms with Crippen molar-refractivity contribution >= 4 is 70.9 Å². The van der Waals surface area contributed by atoms with E-state index < -0.39 is 101 Å². The highest BCUT2D eigenvalue weighted by Crippen LogP contribution is 2.24. The number of rotatable bonds is 50. The van der Waals surface area contributed by atoms with Crippen LogP contribution in [-0.4, -0.2) is 220 Å². The zero-order valence-electron chi connectivity index (χ0n) is 78.3. The number of primary amides is 3. The maximum atomic E-state index is 14.1. The van der Waals surface area contributed by atoms with Gasteiger partial charge >= 0.3 is 0 Å². The van der Waals surface area contributed by atoms with Gasteiger partial charge < -0.3 is 58.1 Å². The van der Waals surface area contributed by atoms with Crippen LogP contribution in [0.4, 0.5) is 26.3 Å². The summed E-state index contributed by atoms with van der Waals surface area (Å²) in [4.78, 5) is 159. The van der Waals surface area contributed by atoms with Crippen LogP contribution in [-0.2, 0) is 33.6 Å². The Morgan fingerprint density at radius 3 is 0.847 bits per heavy atom. The molecule has 0 aromatic heterocycles. The van der Waals surface area contributed by atoms with Crippen LogP contribution in [0.2, 0.25) is 0 Å². The van der Waals surface area contributed by atoms with Crippen LogP contribution in [0.5, 0.6) is 0 Å². The minimum absolute atomic E-state index is 0.0104. The number of carbonyl (C=O) groups is 12. The maximum Gasteiger partial charge on any atom is 0.253 e. The Labute approximate surface area is 765 Å². The molecule has 6 atom stereocenters. The summed E-state index contributed by atoms with van der Waals surface area (Å²) in [6.07, 6.45) is 3.09. The minimum atomic E-state index is -1.32. The number of carbonyl (C=O) groups excluding carboxylic acids is 12. The zero-order chi connectivity index (χ0) is 98.2. The summed E-state index contributed by atoms with van der Waals surface area (Å²) in [6, 6.07) is 18.1. The first kappa shape index (κ1) is 112. The number of benzene rings is 6. The van der Waals surface area contributed by atoms with Gasteiger partial charge in [-0.05, 0) is 190 Å². The molecule has 6 rings (SSSR count). The van der Waals surface area contributed by atoms with Crippen LogP contribution in [0.3, 0.4) is 0 Å². The molecule has 131 heavy (non-hydrogen) atoms. The summed E-state index contributed by atoms with van der Waals surface area (Å²) >= 11 is 0. The van der Waals surface area contributed by atoms with E-state index >= 15 is 0 Å². The minimum Gasteiger partial charge on any atom is -0.390 e. The molecule has 35 heteroatoms. The van der Waals surface area contributed by atoms with Crippen molar-refractivity contribution in [1.29, 1.82) is 0 Å². The number of aliphatic hydroxyl groups excluding tert-OH is 2. The first-order valence-corrected chi connectivity index (χ1v) is 44.8. The van der Waals surface area contributed by atoms with Crippen molar-refractivity contribution in [1.82, 2.24) is 62.0 Å². The Balaban J connectivity index is 0.000000411. The monoisotopic (exact) mass is 1840 g/mol. The molecule has 0 aliphatic rings. The topological polar surface area (TPSA) is 415 Å². The summed E-state index contributed by atoms with van der Waals surface area (Å²) < 4.78 is 84.1. The highest BCUT2D eigenvalue weighted by atomic mass is 19.2. The quantitative estimate of drug-likeness (QED) is 0.0125. The van der Waals surface area contributed by atoms with Crippen LogP contribution in [0.15, 0.2) is 109 Å². The normalized spacial score (nSPS) is 12.6. The number of hydrogen-bond donors (Lipinski definition) is 11. The van der Waals surface area contributed by atoms with Gasteiger partial charge in [-0.15, -0.1) is 0 Å². The van der Waals surface area contributed by atoms with Gasteiger partial charge in [0.25, 0.3) is 35.4 Å². The van der Waals surface area contributed by atoms with Crippen LogP contribution in [0, 0.1) is 58.6 Å². The first-order chi connectivity index (χ1) is 61.8. The van der Waals surface area contributed by atoms with E-state index in [2.05, 4.69) is 32.2 Å². The van der Waals surface area contributed by atoms with E-state index in [0.29, 0.717) is 109 Å². The molecule has 0 saturated carbocycles. The number of nitrogens with one attached hydrogen (secondary N) is 6. The highest BCUT2D eigenvalue weighted by Gasteiger charge is 2.32. The van der Waals surface area contributed by atoms with Gasteiger partial charge in [0.05, 0.1) is 24.3 Å². The molecular weight excluding hydrogens is 1700 g/mol. The van der Waals surface area contributed by atoms with Crippen molar-refractivity contribution in [2.75, 3.05) is 79.0 Å². The predicted molar refractivity (Wildman–Crippen MR) is 489 cm³/mol. The molecule has 0 aliphatic carbocycles. The number of amides is 12. The highest BCUT2D eigenvalue weighted by molar-refractivity contribution is 6.07. The molecule has 12 amide bonds. The van der Waals surface area contributed by atoms with Gasteiger partial charge in [0.2, 0.25) is 35.4 Å². The average molecular weight is 1840 g/mol. The zero-order valence-corrected chi connectivity index (χ0v) is 78.3. The molecule has 720 valence electrons. The van der Waals surface area contributed by atoms with Crippen LogP contribution >= 0.6 is 0 Å². The van der Waals surface area contributed by atoms with Crippen molar-refractivity contribution in [3.05, 3.63) is 211 Å². The summed E-state index contributed by atoms with van der Waals surface area (Å²) in [5.41, 5.74) is 25.8. The summed E-state index contributed by atoms with van der Waals surface area (Å²) in [5.74, 6) is -11.8. The standard InChI is InChI=1S/C33H47F2N5O4.C32H45F2N5O5.C31H43F2N5O5/c1-7-10-39(11-8-2)33(44)26-17-24(30(36)41)16-25(18-26)32(43)37-29(15-23-13-27(34)19-28(35)14-23)22(6)20-40(12-9-3)38-31(42)21(4)5;1-6-9-38(10-7-2)32(44)24-16-22(29(35)41)15-23(17-24)31(43)36-27(14-21-12-25(33)18-26(34)13-21)28(40)19-39(11-8-3)37-30(42)20(4)5;1-6-8-38(9-7-2)31(43)23-15-21(29(34)41)14-22(16-23)30(42)35-26(13-20-11-24(32)17-25(33)12-20)27(39)18-37(5)36-28(40)10-19(3)4/h13-14,16-19,21-22,29H,7-12,15,20H2,1-6H3,(H2,36,41)(H,37,43)(H,38,42);12-13,15-18,20,27-28,40H,6-11,14,19H2,1-5H3,(H2,35,41)(H,36,43)(H,37,42);11-12,14-17,19,26-27,39H,6-10,13,18H2,1-5H3,(H2,34,41)(H,35,42)(H,36,40). The average Bonchev–Trinajstić information content (AvgIpc) is 0.818. The molecule has 29 nitrogen and oxygen atoms in total. The fraction of sp³-hybridized carbons (Fsp3) is 0.500. The number of nitrogens with two attached hydrogens (primary N) is 3. The lowest BCUT2D eigenvalue weighted by atomic mass is 9.93. The van der Waals surface area contributed by atoms with E-state index in [4.69, 9.17) is 17.2 Å². The van der Waals surface area contributed by atoms with Crippen LogP contribution in [0.25, 0.3) is 0 Å². The fourth-order valence-electron chi connectivity index (χ4n) is 14.3. The molecule has 6 aromatic rings. The fourth-order valence-corrected chi connectivity index (χ4v) is 14.3. The van der Waals surface area contributed by atoms with E-state index in [-0.39, 0.29) is 159 Å².